The van der Waals surface area contributed by atoms with E-state index in [9.17, 15) is 27.5 Å². The lowest BCUT2D eigenvalue weighted by Gasteiger charge is -2.13. The molecular weight excluding hydrogens is 410 g/mol. The summed E-state index contributed by atoms with van der Waals surface area (Å²) >= 11 is 1.05. The van der Waals surface area contributed by atoms with Crippen molar-refractivity contribution >= 4 is 17.3 Å². The number of phenols is 1. The van der Waals surface area contributed by atoms with Gasteiger partial charge in [-0.05, 0) is 47.7 Å². The highest BCUT2D eigenvalue weighted by molar-refractivity contribution is 7.09. The van der Waals surface area contributed by atoms with Crippen LogP contribution in [-0.4, -0.2) is 21.2 Å². The number of thiazole rings is 1. The van der Waals surface area contributed by atoms with Gasteiger partial charge in [-0.2, -0.15) is 13.2 Å². The Labute approximate surface area is 167 Å². The van der Waals surface area contributed by atoms with Crippen molar-refractivity contribution in [2.24, 2.45) is 0 Å². The summed E-state index contributed by atoms with van der Waals surface area (Å²) in [5.41, 5.74) is 0.283. The van der Waals surface area contributed by atoms with E-state index in [1.165, 1.54) is 23.6 Å². The minimum Gasteiger partial charge on any atom is -0.508 e. The standard InChI is InChI=1S/C20H15F4NO3S/c21-16-9-15(26)6-4-12(16)2-1-11-3-5-14(20(22,23)24)7-13(11)8-18-25-17(10-29-18)19(27)28/h3-7,9-10,26H,1-2,8H2,(H,27,28). The topological polar surface area (TPSA) is 70.4 Å². The van der Waals surface area contributed by atoms with Crippen LogP contribution in [0.5, 0.6) is 5.75 Å². The first-order valence-electron chi connectivity index (χ1n) is 8.47. The molecule has 3 aromatic rings. The molecular formula is C20H15F4NO3S. The third-order valence-electron chi connectivity index (χ3n) is 4.35. The summed E-state index contributed by atoms with van der Waals surface area (Å²) in [5.74, 6) is -2.01. The number of nitrogens with zero attached hydrogens (tertiary/aromatic N) is 1. The Balaban J connectivity index is 1.89. The van der Waals surface area contributed by atoms with Gasteiger partial charge < -0.3 is 10.2 Å². The average molecular weight is 425 g/mol. The lowest BCUT2D eigenvalue weighted by atomic mass is 9.95. The van der Waals surface area contributed by atoms with Gasteiger partial charge in [-0.15, -0.1) is 11.3 Å². The number of phenolic OH excluding ortho intramolecular Hbond substituents is 1. The van der Waals surface area contributed by atoms with E-state index in [1.54, 1.807) is 0 Å². The number of halogens is 4. The molecule has 0 aliphatic carbocycles. The predicted octanol–water partition coefficient (Wildman–Crippen LogP) is 5.08. The molecule has 0 atom stereocenters. The molecule has 29 heavy (non-hydrogen) atoms. The van der Waals surface area contributed by atoms with Gasteiger partial charge in [0.05, 0.1) is 10.6 Å². The fourth-order valence-corrected chi connectivity index (χ4v) is 3.66. The molecule has 1 heterocycles. The predicted molar refractivity (Wildman–Crippen MR) is 98.8 cm³/mol. The Bertz CT molecular complexity index is 1050. The average Bonchev–Trinajstić information content (AvgIpc) is 3.10. The van der Waals surface area contributed by atoms with Crippen LogP contribution < -0.4 is 0 Å². The maximum absolute atomic E-state index is 13.9. The van der Waals surface area contributed by atoms with E-state index in [2.05, 4.69) is 4.98 Å². The molecule has 0 amide bonds. The maximum atomic E-state index is 13.9. The van der Waals surface area contributed by atoms with E-state index >= 15 is 0 Å². The van der Waals surface area contributed by atoms with Crippen LogP contribution in [0.3, 0.4) is 0 Å². The molecule has 0 saturated carbocycles. The van der Waals surface area contributed by atoms with Crippen molar-refractivity contribution in [2.75, 3.05) is 0 Å². The van der Waals surface area contributed by atoms with E-state index in [1.807, 2.05) is 0 Å². The van der Waals surface area contributed by atoms with Crippen LogP contribution in [0.15, 0.2) is 41.8 Å². The number of hydrogen-bond donors (Lipinski definition) is 2. The molecule has 2 aromatic carbocycles. The third kappa shape index (κ3) is 5.11. The molecule has 0 aliphatic heterocycles. The Morgan fingerprint density at radius 1 is 1.03 bits per heavy atom. The largest absolute Gasteiger partial charge is 0.508 e. The van der Waals surface area contributed by atoms with E-state index in [0.29, 0.717) is 21.7 Å². The fraction of sp³-hybridized carbons (Fsp3) is 0.200. The molecule has 0 fully saturated rings. The summed E-state index contributed by atoms with van der Waals surface area (Å²) in [4.78, 5) is 14.9. The van der Waals surface area contributed by atoms with Gasteiger partial charge in [0.2, 0.25) is 0 Å². The van der Waals surface area contributed by atoms with Crippen LogP contribution in [0.25, 0.3) is 0 Å². The third-order valence-corrected chi connectivity index (χ3v) is 5.20. The number of aromatic carboxylic acids is 1. The SMILES string of the molecule is O=C(O)c1csc(Cc2cc(C(F)(F)F)ccc2CCc2ccc(O)cc2F)n1. The zero-order chi connectivity index (χ0) is 21.2. The quantitative estimate of drug-likeness (QED) is 0.541. The van der Waals surface area contributed by atoms with Crippen LogP contribution in [-0.2, 0) is 25.4 Å². The molecule has 3 rings (SSSR count). The maximum Gasteiger partial charge on any atom is 0.416 e. The van der Waals surface area contributed by atoms with Crippen molar-refractivity contribution in [1.82, 2.24) is 4.98 Å². The molecule has 2 N–H and O–H groups in total. The Morgan fingerprint density at radius 2 is 1.72 bits per heavy atom. The van der Waals surface area contributed by atoms with Crippen LogP contribution in [0, 0.1) is 5.82 Å². The van der Waals surface area contributed by atoms with Gasteiger partial charge in [0.1, 0.15) is 11.6 Å². The molecule has 0 bridgehead atoms. The van der Waals surface area contributed by atoms with Crippen LogP contribution in [0.4, 0.5) is 17.6 Å². The van der Waals surface area contributed by atoms with Gasteiger partial charge in [-0.25, -0.2) is 14.2 Å². The minimum absolute atomic E-state index is 0.0370. The summed E-state index contributed by atoms with van der Waals surface area (Å²) in [6, 6.07) is 7.08. The number of aromatic hydroxyl groups is 1. The van der Waals surface area contributed by atoms with Crippen molar-refractivity contribution in [1.29, 1.82) is 0 Å². The molecule has 4 nitrogen and oxygen atoms in total. The van der Waals surface area contributed by atoms with Gasteiger partial charge in [-0.3, -0.25) is 0 Å². The Morgan fingerprint density at radius 3 is 2.34 bits per heavy atom. The highest BCUT2D eigenvalue weighted by Crippen LogP contribution is 2.32. The Kier molecular flexibility index (Phi) is 5.88. The van der Waals surface area contributed by atoms with Gasteiger partial charge in [0, 0.05) is 17.9 Å². The second-order valence-electron chi connectivity index (χ2n) is 6.37. The molecule has 0 saturated heterocycles. The number of carbonyl (C=O) groups is 1. The number of rotatable bonds is 6. The van der Waals surface area contributed by atoms with Crippen LogP contribution in [0.1, 0.15) is 37.7 Å². The van der Waals surface area contributed by atoms with Gasteiger partial charge in [0.15, 0.2) is 5.69 Å². The van der Waals surface area contributed by atoms with Crippen molar-refractivity contribution in [3.63, 3.8) is 0 Å². The van der Waals surface area contributed by atoms with Gasteiger partial charge in [-0.1, -0.05) is 12.1 Å². The summed E-state index contributed by atoms with van der Waals surface area (Å²) in [6.45, 7) is 0. The van der Waals surface area contributed by atoms with E-state index < -0.39 is 23.5 Å². The normalized spacial score (nSPS) is 11.6. The number of aromatic nitrogens is 1. The van der Waals surface area contributed by atoms with Crippen molar-refractivity contribution in [3.8, 4) is 5.75 Å². The number of benzene rings is 2. The van der Waals surface area contributed by atoms with Crippen LogP contribution in [0.2, 0.25) is 0 Å². The van der Waals surface area contributed by atoms with Crippen molar-refractivity contribution in [3.05, 3.63) is 80.6 Å². The molecule has 0 aliphatic rings. The zero-order valence-corrected chi connectivity index (χ0v) is 15.6. The molecule has 1 aromatic heterocycles. The van der Waals surface area contributed by atoms with Gasteiger partial charge >= 0.3 is 12.1 Å². The molecule has 0 unspecified atom stereocenters. The summed E-state index contributed by atoms with van der Waals surface area (Å²) < 4.78 is 53.3. The van der Waals surface area contributed by atoms with Crippen LogP contribution >= 0.6 is 11.3 Å². The second-order valence-corrected chi connectivity index (χ2v) is 7.31. The number of alkyl halides is 3. The summed E-state index contributed by atoms with van der Waals surface area (Å²) in [7, 11) is 0. The highest BCUT2D eigenvalue weighted by atomic mass is 32.1. The van der Waals surface area contributed by atoms with E-state index in [0.717, 1.165) is 29.5 Å². The Hall–Kier alpha value is -2.94. The van der Waals surface area contributed by atoms with Crippen molar-refractivity contribution in [2.45, 2.75) is 25.4 Å². The molecule has 0 spiro atoms. The summed E-state index contributed by atoms with van der Waals surface area (Å²) in [5, 5.41) is 20.0. The number of hydrogen-bond acceptors (Lipinski definition) is 4. The minimum atomic E-state index is -4.52. The monoisotopic (exact) mass is 425 g/mol. The second kappa shape index (κ2) is 8.20. The summed E-state index contributed by atoms with van der Waals surface area (Å²) in [6.07, 6.45) is -3.99. The zero-order valence-electron chi connectivity index (χ0n) is 14.8. The number of carboxylic acids is 1. The number of aryl methyl sites for hydroxylation is 2. The lowest BCUT2D eigenvalue weighted by molar-refractivity contribution is -0.137. The molecule has 0 radical (unpaired) electrons. The highest BCUT2D eigenvalue weighted by Gasteiger charge is 2.31. The fourth-order valence-electron chi connectivity index (χ4n) is 2.87. The van der Waals surface area contributed by atoms with Gasteiger partial charge in [0.25, 0.3) is 0 Å². The first-order chi connectivity index (χ1) is 13.6. The smallest absolute Gasteiger partial charge is 0.416 e. The molecule has 152 valence electrons. The first-order valence-corrected chi connectivity index (χ1v) is 9.35. The lowest BCUT2D eigenvalue weighted by Crippen LogP contribution is -2.08. The van der Waals surface area contributed by atoms with Crippen molar-refractivity contribution < 1.29 is 32.6 Å². The first kappa shape index (κ1) is 20.8. The van der Waals surface area contributed by atoms with E-state index in [4.69, 9.17) is 5.11 Å². The van der Waals surface area contributed by atoms with E-state index in [-0.39, 0.29) is 30.7 Å². The molecule has 9 heteroatoms. The number of carboxylic acid groups (broad SMARTS) is 1.